The van der Waals surface area contributed by atoms with Crippen molar-refractivity contribution in [3.63, 3.8) is 0 Å². The molecule has 0 unspecified atom stereocenters. The van der Waals surface area contributed by atoms with Crippen molar-refractivity contribution in [3.05, 3.63) is 93.6 Å². The van der Waals surface area contributed by atoms with Gasteiger partial charge in [0.25, 0.3) is 0 Å². The van der Waals surface area contributed by atoms with Gasteiger partial charge >= 0.3 is 5.97 Å². The minimum atomic E-state index is -0.908. The minimum absolute atomic E-state index is 0.195. The third-order valence-corrected chi connectivity index (χ3v) is 5.89. The van der Waals surface area contributed by atoms with E-state index >= 15 is 0 Å². The molecule has 0 aliphatic carbocycles. The highest BCUT2D eigenvalue weighted by Crippen LogP contribution is 2.33. The Bertz CT molecular complexity index is 1240. The number of aliphatic hydroxyl groups is 1. The van der Waals surface area contributed by atoms with Gasteiger partial charge in [-0.1, -0.05) is 48.0 Å². The highest BCUT2D eigenvalue weighted by molar-refractivity contribution is 6.34. The van der Waals surface area contributed by atoms with E-state index in [0.29, 0.717) is 17.0 Å². The monoisotopic (exact) mass is 433 g/mol. The highest BCUT2D eigenvalue weighted by atomic mass is 35.5. The number of aromatic nitrogens is 1. The first-order valence-corrected chi connectivity index (χ1v) is 10.7. The van der Waals surface area contributed by atoms with E-state index in [1.54, 1.807) is 13.0 Å². The molecule has 3 aromatic carbocycles. The van der Waals surface area contributed by atoms with Gasteiger partial charge in [0.15, 0.2) is 0 Å². The summed E-state index contributed by atoms with van der Waals surface area (Å²) < 4.78 is 0. The number of carboxylic acids is 1. The van der Waals surface area contributed by atoms with Gasteiger partial charge < -0.3 is 15.2 Å². The number of fused-ring (bicyclic) bond motifs is 1. The first kappa shape index (κ1) is 21.2. The zero-order chi connectivity index (χ0) is 22.0. The molecule has 4 nitrogen and oxygen atoms in total. The van der Waals surface area contributed by atoms with E-state index in [0.717, 1.165) is 51.7 Å². The minimum Gasteiger partial charge on any atom is -0.478 e. The van der Waals surface area contributed by atoms with Crippen molar-refractivity contribution >= 4 is 28.5 Å². The van der Waals surface area contributed by atoms with E-state index < -0.39 is 5.97 Å². The number of benzene rings is 3. The van der Waals surface area contributed by atoms with E-state index in [-0.39, 0.29) is 6.61 Å². The van der Waals surface area contributed by atoms with Crippen LogP contribution in [0.5, 0.6) is 0 Å². The fraction of sp³-hybridized carbons (Fsp3) is 0.192. The molecule has 5 heteroatoms. The summed E-state index contributed by atoms with van der Waals surface area (Å²) in [6, 6.07) is 19.9. The summed E-state index contributed by atoms with van der Waals surface area (Å²) in [6.07, 6.45) is 2.22. The van der Waals surface area contributed by atoms with Crippen LogP contribution in [-0.2, 0) is 12.8 Å². The Kier molecular flexibility index (Phi) is 6.12. The van der Waals surface area contributed by atoms with Crippen LogP contribution in [0.15, 0.2) is 60.7 Å². The first-order valence-electron chi connectivity index (χ1n) is 10.3. The lowest BCUT2D eigenvalue weighted by Gasteiger charge is -2.07. The van der Waals surface area contributed by atoms with Gasteiger partial charge in [-0.3, -0.25) is 0 Å². The predicted molar refractivity (Wildman–Crippen MR) is 125 cm³/mol. The topological polar surface area (TPSA) is 73.3 Å². The van der Waals surface area contributed by atoms with Crippen molar-refractivity contribution in [1.29, 1.82) is 0 Å². The number of nitrogens with one attached hydrogen (secondary N) is 1. The average Bonchev–Trinajstić information content (AvgIpc) is 3.14. The fourth-order valence-electron chi connectivity index (χ4n) is 3.89. The zero-order valence-corrected chi connectivity index (χ0v) is 18.0. The Morgan fingerprint density at radius 3 is 2.45 bits per heavy atom. The number of H-pyrrole nitrogens is 1. The lowest BCUT2D eigenvalue weighted by atomic mass is 10.0. The zero-order valence-electron chi connectivity index (χ0n) is 17.3. The Labute approximate surface area is 186 Å². The molecule has 4 aromatic rings. The van der Waals surface area contributed by atoms with Crippen LogP contribution in [0, 0.1) is 6.92 Å². The first-order chi connectivity index (χ1) is 14.9. The van der Waals surface area contributed by atoms with Crippen molar-refractivity contribution < 1.29 is 15.0 Å². The highest BCUT2D eigenvalue weighted by Gasteiger charge is 2.11. The summed E-state index contributed by atoms with van der Waals surface area (Å²) >= 11 is 6.59. The van der Waals surface area contributed by atoms with Crippen LogP contribution in [0.4, 0.5) is 0 Å². The van der Waals surface area contributed by atoms with Gasteiger partial charge in [-0.2, -0.15) is 0 Å². The number of aryl methyl sites for hydroxylation is 2. The van der Waals surface area contributed by atoms with Crippen LogP contribution in [0.3, 0.4) is 0 Å². The number of halogens is 1. The fourth-order valence-corrected chi connectivity index (χ4v) is 4.17. The summed E-state index contributed by atoms with van der Waals surface area (Å²) in [5.41, 5.74) is 7.20. The molecular formula is C26H24ClNO3. The molecule has 0 bridgehead atoms. The van der Waals surface area contributed by atoms with Crippen molar-refractivity contribution in [2.45, 2.75) is 26.2 Å². The summed E-state index contributed by atoms with van der Waals surface area (Å²) in [5.74, 6) is -0.908. The van der Waals surface area contributed by atoms with Gasteiger partial charge in [0.2, 0.25) is 0 Å². The molecular weight excluding hydrogens is 410 g/mol. The molecule has 0 saturated heterocycles. The van der Waals surface area contributed by atoms with Crippen molar-refractivity contribution in [2.75, 3.05) is 6.61 Å². The summed E-state index contributed by atoms with van der Waals surface area (Å²) in [7, 11) is 0. The number of carboxylic acid groups (broad SMARTS) is 1. The SMILES string of the molecule is Cc1ccc(Cc2cc3cc(-c4ccc(CCCO)cc4)c(Cl)cc3[nH]2)cc1C(=O)O. The van der Waals surface area contributed by atoms with Gasteiger partial charge in [0, 0.05) is 35.2 Å². The van der Waals surface area contributed by atoms with Crippen LogP contribution in [0.25, 0.3) is 22.0 Å². The molecule has 1 heterocycles. The lowest BCUT2D eigenvalue weighted by Crippen LogP contribution is -2.01. The molecule has 0 saturated carbocycles. The maximum absolute atomic E-state index is 11.4. The quantitative estimate of drug-likeness (QED) is 0.334. The number of aromatic amines is 1. The van der Waals surface area contributed by atoms with Gasteiger partial charge in [-0.15, -0.1) is 0 Å². The molecule has 0 spiro atoms. The molecule has 0 amide bonds. The van der Waals surface area contributed by atoms with E-state index in [4.69, 9.17) is 16.7 Å². The van der Waals surface area contributed by atoms with E-state index in [9.17, 15) is 9.90 Å². The number of hydrogen-bond donors (Lipinski definition) is 3. The van der Waals surface area contributed by atoms with E-state index in [1.807, 2.05) is 18.2 Å². The number of carbonyl (C=O) groups is 1. The second kappa shape index (κ2) is 8.96. The third-order valence-electron chi connectivity index (χ3n) is 5.58. The molecule has 4 rings (SSSR count). The number of aliphatic hydroxyl groups excluding tert-OH is 1. The Morgan fingerprint density at radius 1 is 1.00 bits per heavy atom. The van der Waals surface area contributed by atoms with Crippen molar-refractivity contribution in [1.82, 2.24) is 4.98 Å². The molecule has 0 atom stereocenters. The number of rotatable bonds is 7. The van der Waals surface area contributed by atoms with Crippen LogP contribution in [-0.4, -0.2) is 27.8 Å². The van der Waals surface area contributed by atoms with Crippen LogP contribution < -0.4 is 0 Å². The molecule has 0 aliphatic heterocycles. The van der Waals surface area contributed by atoms with Gasteiger partial charge in [-0.05, 0) is 66.3 Å². The van der Waals surface area contributed by atoms with E-state index in [1.165, 1.54) is 5.56 Å². The molecule has 1 aromatic heterocycles. The summed E-state index contributed by atoms with van der Waals surface area (Å²) in [5, 5.41) is 20.1. The lowest BCUT2D eigenvalue weighted by molar-refractivity contribution is 0.0696. The van der Waals surface area contributed by atoms with Gasteiger partial charge in [-0.25, -0.2) is 4.79 Å². The standard InChI is InChI=1S/C26H24ClNO3/c1-16-4-5-18(12-22(16)26(30)31)11-21-13-20-14-23(24(27)15-25(20)28-21)19-8-6-17(7-9-19)3-2-10-29/h4-9,12-15,28-29H,2-3,10-11H2,1H3,(H,30,31). The molecule has 158 valence electrons. The van der Waals surface area contributed by atoms with Crippen molar-refractivity contribution in [2.24, 2.45) is 0 Å². The maximum Gasteiger partial charge on any atom is 0.335 e. The predicted octanol–water partition coefficient (Wildman–Crippen LogP) is 6.01. The Hall–Kier alpha value is -3.08. The van der Waals surface area contributed by atoms with E-state index in [2.05, 4.69) is 41.4 Å². The Balaban J connectivity index is 1.62. The summed E-state index contributed by atoms with van der Waals surface area (Å²) in [4.78, 5) is 14.8. The van der Waals surface area contributed by atoms with Crippen LogP contribution >= 0.6 is 11.6 Å². The van der Waals surface area contributed by atoms with Crippen LogP contribution in [0.2, 0.25) is 5.02 Å². The number of aromatic carboxylic acids is 1. The normalized spacial score (nSPS) is 11.2. The molecule has 0 aliphatic rings. The second-order valence-electron chi connectivity index (χ2n) is 7.87. The maximum atomic E-state index is 11.4. The molecule has 0 radical (unpaired) electrons. The van der Waals surface area contributed by atoms with Crippen LogP contribution in [0.1, 0.15) is 39.2 Å². The molecule has 31 heavy (non-hydrogen) atoms. The Morgan fingerprint density at radius 2 is 1.74 bits per heavy atom. The van der Waals surface area contributed by atoms with Gasteiger partial charge in [0.1, 0.15) is 0 Å². The average molecular weight is 434 g/mol. The second-order valence-corrected chi connectivity index (χ2v) is 8.28. The largest absolute Gasteiger partial charge is 0.478 e. The smallest absolute Gasteiger partial charge is 0.335 e. The third kappa shape index (κ3) is 4.66. The molecule has 3 N–H and O–H groups in total. The van der Waals surface area contributed by atoms with Gasteiger partial charge in [0.05, 0.1) is 10.6 Å². The molecule has 0 fully saturated rings. The number of hydrogen-bond acceptors (Lipinski definition) is 2. The van der Waals surface area contributed by atoms with Crippen molar-refractivity contribution in [3.8, 4) is 11.1 Å². The summed E-state index contributed by atoms with van der Waals surface area (Å²) in [6.45, 7) is 2.00.